The highest BCUT2D eigenvalue weighted by molar-refractivity contribution is 5.97. The molecule has 0 heterocycles. The number of nitrogens with one attached hydrogen (secondary N) is 2. The normalized spacial score (nSPS) is 11.5. The molecule has 0 aromatic heterocycles. The van der Waals surface area contributed by atoms with Crippen molar-refractivity contribution in [2.24, 2.45) is 0 Å². The van der Waals surface area contributed by atoms with E-state index in [2.05, 4.69) is 15.4 Å². The zero-order chi connectivity index (χ0) is 22.0. The van der Waals surface area contributed by atoms with Crippen LogP contribution in [0.3, 0.4) is 0 Å². The second kappa shape index (κ2) is 11.4. The lowest BCUT2D eigenvalue weighted by Gasteiger charge is -2.18. The molecule has 7 nitrogen and oxygen atoms in total. The molecule has 2 amide bonds. The van der Waals surface area contributed by atoms with Crippen molar-refractivity contribution >= 4 is 11.8 Å². The van der Waals surface area contributed by atoms with Crippen LogP contribution in [0.15, 0.2) is 18.2 Å². The molecule has 1 rings (SSSR count). The number of benzene rings is 1. The van der Waals surface area contributed by atoms with E-state index in [9.17, 15) is 31.5 Å². The molecule has 0 unspecified atom stereocenters. The maximum atomic E-state index is 12.3. The second-order valence-electron chi connectivity index (χ2n) is 5.98. The highest BCUT2D eigenvalue weighted by Gasteiger charge is 2.28. The Kier molecular flexibility index (Phi) is 9.59. The predicted octanol–water partition coefficient (Wildman–Crippen LogP) is 2.03. The van der Waals surface area contributed by atoms with E-state index in [0.717, 1.165) is 11.0 Å². The smallest absolute Gasteiger partial charge is 0.401 e. The minimum Gasteiger partial charge on any atom is -0.493 e. The summed E-state index contributed by atoms with van der Waals surface area (Å²) < 4.78 is 70.3. The summed E-state index contributed by atoms with van der Waals surface area (Å²) in [6.45, 7) is -4.18. The van der Waals surface area contributed by atoms with Gasteiger partial charge in [0.1, 0.15) is 0 Å². The van der Waals surface area contributed by atoms with Crippen molar-refractivity contribution in [3.63, 3.8) is 0 Å². The topological polar surface area (TPSA) is 79.9 Å². The molecule has 0 atom stereocenters. The van der Waals surface area contributed by atoms with Gasteiger partial charge in [-0.25, -0.2) is 0 Å². The van der Waals surface area contributed by atoms with Gasteiger partial charge in [-0.1, -0.05) is 0 Å². The van der Waals surface area contributed by atoms with E-state index in [1.807, 2.05) is 0 Å². The Labute approximate surface area is 164 Å². The summed E-state index contributed by atoms with van der Waals surface area (Å²) in [4.78, 5) is 24.8. The summed E-state index contributed by atoms with van der Waals surface area (Å²) in [5.74, 6) is -1.49. The monoisotopic (exact) mass is 427 g/mol. The molecule has 1 aromatic rings. The second-order valence-corrected chi connectivity index (χ2v) is 5.98. The number of hydrogen-bond donors (Lipinski definition) is 2. The van der Waals surface area contributed by atoms with Crippen LogP contribution in [0.25, 0.3) is 0 Å². The molecular formula is C17H22F5N3O4. The van der Waals surface area contributed by atoms with Crippen LogP contribution in [-0.4, -0.2) is 69.8 Å². The number of methoxy groups -OCH3 is 1. The minimum absolute atomic E-state index is 0.0602. The fraction of sp³-hybridized carbons (Fsp3) is 0.529. The SMILES string of the molecule is COc1cc(C(=O)NCC(=O)NCCCN(C)CC(F)(F)F)ccc1OC(F)F. The summed E-state index contributed by atoms with van der Waals surface area (Å²) >= 11 is 0. The zero-order valence-electron chi connectivity index (χ0n) is 15.8. The van der Waals surface area contributed by atoms with Crippen molar-refractivity contribution in [1.82, 2.24) is 15.5 Å². The Balaban J connectivity index is 2.39. The third-order valence-corrected chi connectivity index (χ3v) is 3.54. The number of carbonyl (C=O) groups excluding carboxylic acids is 2. The Hall–Kier alpha value is -2.63. The lowest BCUT2D eigenvalue weighted by atomic mass is 10.2. The minimum atomic E-state index is -4.28. The van der Waals surface area contributed by atoms with Gasteiger partial charge in [-0.2, -0.15) is 22.0 Å². The van der Waals surface area contributed by atoms with Crippen molar-refractivity contribution in [1.29, 1.82) is 0 Å². The van der Waals surface area contributed by atoms with E-state index in [1.165, 1.54) is 26.3 Å². The number of alkyl halides is 5. The molecule has 29 heavy (non-hydrogen) atoms. The molecule has 2 N–H and O–H groups in total. The highest BCUT2D eigenvalue weighted by Crippen LogP contribution is 2.29. The molecule has 164 valence electrons. The van der Waals surface area contributed by atoms with Crippen molar-refractivity contribution in [2.75, 3.05) is 40.3 Å². The van der Waals surface area contributed by atoms with Gasteiger partial charge in [0.25, 0.3) is 5.91 Å². The molecule has 0 aliphatic rings. The number of hydrogen-bond acceptors (Lipinski definition) is 5. The van der Waals surface area contributed by atoms with Crippen LogP contribution in [-0.2, 0) is 4.79 Å². The summed E-state index contributed by atoms with van der Waals surface area (Å²) in [5, 5.41) is 4.81. The number of carbonyl (C=O) groups is 2. The van der Waals surface area contributed by atoms with Crippen molar-refractivity contribution in [3.8, 4) is 11.5 Å². The number of rotatable bonds is 11. The largest absolute Gasteiger partial charge is 0.493 e. The molecule has 0 aliphatic carbocycles. The van der Waals surface area contributed by atoms with Crippen LogP contribution < -0.4 is 20.1 Å². The number of ether oxygens (including phenoxy) is 2. The fourth-order valence-electron chi connectivity index (χ4n) is 2.29. The van der Waals surface area contributed by atoms with Gasteiger partial charge in [0, 0.05) is 12.1 Å². The maximum absolute atomic E-state index is 12.3. The van der Waals surface area contributed by atoms with Gasteiger partial charge < -0.3 is 20.1 Å². The summed E-state index contributed by atoms with van der Waals surface area (Å²) in [6, 6.07) is 3.54. The first-order valence-corrected chi connectivity index (χ1v) is 8.45. The molecular weight excluding hydrogens is 405 g/mol. The van der Waals surface area contributed by atoms with Crippen molar-refractivity contribution in [2.45, 2.75) is 19.2 Å². The van der Waals surface area contributed by atoms with Crippen molar-refractivity contribution in [3.05, 3.63) is 23.8 Å². The van der Waals surface area contributed by atoms with Crippen molar-refractivity contribution < 1.29 is 41.0 Å². The molecule has 0 bridgehead atoms. The molecule has 12 heteroatoms. The third kappa shape index (κ3) is 9.92. The van der Waals surface area contributed by atoms with Gasteiger partial charge in [-0.05, 0) is 38.2 Å². The van der Waals surface area contributed by atoms with Crippen LogP contribution in [0, 0.1) is 0 Å². The lowest BCUT2D eigenvalue weighted by molar-refractivity contribution is -0.143. The van der Waals surface area contributed by atoms with Gasteiger partial charge in [0.05, 0.1) is 20.2 Å². The Morgan fingerprint density at radius 3 is 2.45 bits per heavy atom. The van der Waals surface area contributed by atoms with E-state index >= 15 is 0 Å². The standard InChI is InChI=1S/C17H22F5N3O4/c1-25(10-17(20,21)22)7-3-6-23-14(26)9-24-15(27)11-4-5-12(29-16(18)19)13(8-11)28-2/h4-5,8,16H,3,6-7,9-10H2,1-2H3,(H,23,26)(H,24,27). The first kappa shape index (κ1) is 24.4. The Morgan fingerprint density at radius 1 is 1.17 bits per heavy atom. The van der Waals surface area contributed by atoms with E-state index in [1.54, 1.807) is 0 Å². The van der Waals surface area contributed by atoms with Gasteiger partial charge in [0.15, 0.2) is 11.5 Å². The van der Waals surface area contributed by atoms with E-state index < -0.39 is 31.1 Å². The van der Waals surface area contributed by atoms with Crippen LogP contribution >= 0.6 is 0 Å². The Morgan fingerprint density at radius 2 is 1.86 bits per heavy atom. The third-order valence-electron chi connectivity index (χ3n) is 3.54. The molecule has 1 aromatic carbocycles. The molecule has 0 saturated heterocycles. The average Bonchev–Trinajstić information content (AvgIpc) is 2.61. The quantitative estimate of drug-likeness (QED) is 0.417. The molecule has 0 radical (unpaired) electrons. The van der Waals surface area contributed by atoms with Gasteiger partial charge in [0.2, 0.25) is 5.91 Å². The highest BCUT2D eigenvalue weighted by atomic mass is 19.4. The lowest BCUT2D eigenvalue weighted by Crippen LogP contribution is -2.38. The van der Waals surface area contributed by atoms with Crippen LogP contribution in [0.5, 0.6) is 11.5 Å². The average molecular weight is 427 g/mol. The maximum Gasteiger partial charge on any atom is 0.401 e. The first-order valence-electron chi connectivity index (χ1n) is 8.45. The van der Waals surface area contributed by atoms with Gasteiger partial charge >= 0.3 is 12.8 Å². The Bertz CT molecular complexity index is 686. The van der Waals surface area contributed by atoms with Gasteiger partial charge in [-0.3, -0.25) is 14.5 Å². The predicted molar refractivity (Wildman–Crippen MR) is 93.1 cm³/mol. The number of halogens is 5. The molecule has 0 spiro atoms. The first-order chi connectivity index (χ1) is 13.5. The molecule has 0 saturated carbocycles. The van der Waals surface area contributed by atoms with Crippen LogP contribution in [0.1, 0.15) is 16.8 Å². The van der Waals surface area contributed by atoms with E-state index in [-0.39, 0.29) is 36.7 Å². The van der Waals surface area contributed by atoms with Crippen LogP contribution in [0.2, 0.25) is 0 Å². The zero-order valence-corrected chi connectivity index (χ0v) is 15.8. The van der Waals surface area contributed by atoms with E-state index in [4.69, 9.17) is 4.74 Å². The summed E-state index contributed by atoms with van der Waals surface area (Å²) in [5.41, 5.74) is 0.0602. The molecule has 0 aliphatic heterocycles. The summed E-state index contributed by atoms with van der Waals surface area (Å²) in [6.07, 6.45) is -3.98. The van der Waals surface area contributed by atoms with Crippen LogP contribution in [0.4, 0.5) is 22.0 Å². The van der Waals surface area contributed by atoms with Gasteiger partial charge in [-0.15, -0.1) is 0 Å². The fourth-order valence-corrected chi connectivity index (χ4v) is 2.29. The molecule has 0 fully saturated rings. The number of nitrogens with zero attached hydrogens (tertiary/aromatic N) is 1. The number of amides is 2. The van der Waals surface area contributed by atoms with E-state index in [0.29, 0.717) is 6.42 Å². The summed E-state index contributed by atoms with van der Waals surface area (Å²) in [7, 11) is 2.54.